The lowest BCUT2D eigenvalue weighted by Gasteiger charge is -2.29. The summed E-state index contributed by atoms with van der Waals surface area (Å²) in [5.41, 5.74) is 6.20. The number of nitrogens with zero attached hydrogens (tertiary/aromatic N) is 3. The van der Waals surface area contributed by atoms with Crippen LogP contribution in [0.3, 0.4) is 0 Å². The molecule has 0 spiro atoms. The Hall–Kier alpha value is -3.18. The van der Waals surface area contributed by atoms with E-state index in [-0.39, 0.29) is 0 Å². The number of nitrogens with one attached hydrogen (secondary N) is 1. The van der Waals surface area contributed by atoms with E-state index in [1.807, 2.05) is 24.3 Å². The molecule has 1 aliphatic heterocycles. The number of hydrogen-bond acceptors (Lipinski definition) is 4. The fourth-order valence-corrected chi connectivity index (χ4v) is 5.43. The van der Waals surface area contributed by atoms with Crippen LogP contribution in [0.5, 0.6) is 5.75 Å². The average Bonchev–Trinajstić information content (AvgIpc) is 3.30. The van der Waals surface area contributed by atoms with Gasteiger partial charge in [0.1, 0.15) is 18.2 Å². The van der Waals surface area contributed by atoms with Crippen molar-refractivity contribution in [1.82, 2.24) is 19.9 Å². The first-order valence-corrected chi connectivity index (χ1v) is 12.7. The molecule has 0 bridgehead atoms. The van der Waals surface area contributed by atoms with Gasteiger partial charge in [-0.2, -0.15) is 0 Å². The fourth-order valence-electron chi connectivity index (χ4n) is 5.43. The summed E-state index contributed by atoms with van der Waals surface area (Å²) >= 11 is 0. The SMILES string of the molecule is c1ccc(COc2ccc3[nH]cc(CN4CCc5cnc(C6CCCCC6)nc5C4)c3c2)cc1. The van der Waals surface area contributed by atoms with Crippen LogP contribution in [0, 0.1) is 0 Å². The van der Waals surface area contributed by atoms with Crippen molar-refractivity contribution in [3.63, 3.8) is 0 Å². The van der Waals surface area contributed by atoms with E-state index in [9.17, 15) is 0 Å². The molecule has 3 heterocycles. The van der Waals surface area contributed by atoms with Crippen molar-refractivity contribution >= 4 is 10.9 Å². The van der Waals surface area contributed by atoms with Crippen LogP contribution in [0.2, 0.25) is 0 Å². The maximum Gasteiger partial charge on any atom is 0.131 e. The molecule has 0 radical (unpaired) electrons. The minimum Gasteiger partial charge on any atom is -0.489 e. The summed E-state index contributed by atoms with van der Waals surface area (Å²) in [4.78, 5) is 15.8. The Kier molecular flexibility index (Phi) is 6.02. The fraction of sp³-hybridized carbons (Fsp3) is 0.379. The Bertz CT molecular complexity index is 1260. The number of hydrogen-bond donors (Lipinski definition) is 1. The number of fused-ring (bicyclic) bond motifs is 2. The Labute approximate surface area is 201 Å². The molecule has 0 unspecified atom stereocenters. The number of H-pyrrole nitrogens is 1. The molecule has 0 amide bonds. The normalized spacial score (nSPS) is 17.1. The summed E-state index contributed by atoms with van der Waals surface area (Å²) in [6.45, 7) is 3.42. The molecular weight excluding hydrogens is 420 g/mol. The van der Waals surface area contributed by atoms with Gasteiger partial charge in [0.25, 0.3) is 0 Å². The highest BCUT2D eigenvalue weighted by molar-refractivity contribution is 5.84. The van der Waals surface area contributed by atoms with Crippen LogP contribution in [0.4, 0.5) is 0 Å². The Morgan fingerprint density at radius 1 is 1.03 bits per heavy atom. The largest absolute Gasteiger partial charge is 0.489 e. The van der Waals surface area contributed by atoms with E-state index in [2.05, 4.69) is 46.5 Å². The van der Waals surface area contributed by atoms with Crippen molar-refractivity contribution in [1.29, 1.82) is 0 Å². The molecule has 1 aliphatic carbocycles. The van der Waals surface area contributed by atoms with Crippen molar-refractivity contribution in [2.75, 3.05) is 6.54 Å². The monoisotopic (exact) mass is 452 g/mol. The van der Waals surface area contributed by atoms with Gasteiger partial charge in [0.2, 0.25) is 0 Å². The smallest absolute Gasteiger partial charge is 0.131 e. The lowest BCUT2D eigenvalue weighted by atomic mass is 9.88. The van der Waals surface area contributed by atoms with Crippen molar-refractivity contribution in [2.45, 2.75) is 64.1 Å². The number of ether oxygens (including phenoxy) is 1. The number of aromatic nitrogens is 3. The molecule has 1 fully saturated rings. The van der Waals surface area contributed by atoms with Crippen LogP contribution in [0.15, 0.2) is 60.9 Å². The standard InChI is InChI=1S/C29H32N4O/c1-3-7-21(8-4-1)20-34-25-11-12-27-26(15-25)24(17-30-27)18-33-14-13-23-16-31-29(32-28(23)19-33)22-9-5-2-6-10-22/h1,3-4,7-8,11-12,15-17,22,30H,2,5-6,9-10,13-14,18-20H2. The second-order valence-corrected chi connectivity index (χ2v) is 9.79. The van der Waals surface area contributed by atoms with Crippen LogP contribution < -0.4 is 4.74 Å². The molecule has 6 rings (SSSR count). The molecule has 2 aromatic heterocycles. The minimum absolute atomic E-state index is 0.553. The Morgan fingerprint density at radius 2 is 1.91 bits per heavy atom. The van der Waals surface area contributed by atoms with Gasteiger partial charge in [-0.25, -0.2) is 9.97 Å². The third-order valence-electron chi connectivity index (χ3n) is 7.40. The minimum atomic E-state index is 0.553. The Balaban J connectivity index is 1.16. The molecule has 5 heteroatoms. The summed E-state index contributed by atoms with van der Waals surface area (Å²) in [6, 6.07) is 16.7. The predicted octanol–water partition coefficient (Wildman–Crippen LogP) is 6.14. The molecule has 5 nitrogen and oxygen atoms in total. The highest BCUT2D eigenvalue weighted by Crippen LogP contribution is 2.32. The van der Waals surface area contributed by atoms with Crippen molar-refractivity contribution in [3.05, 3.63) is 89.1 Å². The number of benzene rings is 2. The van der Waals surface area contributed by atoms with E-state index in [0.29, 0.717) is 12.5 Å². The molecule has 0 saturated heterocycles. The van der Waals surface area contributed by atoms with Crippen LogP contribution in [-0.4, -0.2) is 26.4 Å². The number of rotatable bonds is 6. The summed E-state index contributed by atoms with van der Waals surface area (Å²) < 4.78 is 6.09. The molecule has 34 heavy (non-hydrogen) atoms. The molecule has 2 aromatic carbocycles. The summed E-state index contributed by atoms with van der Waals surface area (Å²) in [5, 5.41) is 1.24. The molecule has 1 saturated carbocycles. The number of aromatic amines is 1. The van der Waals surface area contributed by atoms with Gasteiger partial charge in [-0.05, 0) is 54.2 Å². The summed E-state index contributed by atoms with van der Waals surface area (Å²) in [7, 11) is 0. The second-order valence-electron chi connectivity index (χ2n) is 9.79. The van der Waals surface area contributed by atoms with Crippen LogP contribution in [0.25, 0.3) is 10.9 Å². The average molecular weight is 453 g/mol. The van der Waals surface area contributed by atoms with Gasteiger partial charge in [0.15, 0.2) is 0 Å². The van der Waals surface area contributed by atoms with E-state index in [1.54, 1.807) is 0 Å². The zero-order valence-corrected chi connectivity index (χ0v) is 19.7. The van der Waals surface area contributed by atoms with E-state index >= 15 is 0 Å². The lowest BCUT2D eigenvalue weighted by Crippen LogP contribution is -2.31. The van der Waals surface area contributed by atoms with Gasteiger partial charge in [-0.3, -0.25) is 4.90 Å². The Morgan fingerprint density at radius 3 is 2.79 bits per heavy atom. The maximum atomic E-state index is 6.09. The molecule has 2 aliphatic rings. The molecule has 4 aromatic rings. The highest BCUT2D eigenvalue weighted by atomic mass is 16.5. The van der Waals surface area contributed by atoms with Gasteiger partial charge in [0, 0.05) is 48.8 Å². The van der Waals surface area contributed by atoms with E-state index in [0.717, 1.165) is 43.1 Å². The van der Waals surface area contributed by atoms with Crippen LogP contribution >= 0.6 is 0 Å². The van der Waals surface area contributed by atoms with Gasteiger partial charge in [-0.15, -0.1) is 0 Å². The zero-order valence-electron chi connectivity index (χ0n) is 19.7. The lowest BCUT2D eigenvalue weighted by molar-refractivity contribution is 0.241. The maximum absolute atomic E-state index is 6.09. The molecule has 0 atom stereocenters. The first kappa shape index (κ1) is 21.4. The predicted molar refractivity (Wildman–Crippen MR) is 135 cm³/mol. The van der Waals surface area contributed by atoms with Crippen LogP contribution in [-0.2, 0) is 26.1 Å². The second kappa shape index (κ2) is 9.59. The zero-order chi connectivity index (χ0) is 22.7. The first-order chi connectivity index (χ1) is 16.8. The quantitative estimate of drug-likeness (QED) is 0.382. The van der Waals surface area contributed by atoms with Gasteiger partial charge in [0.05, 0.1) is 5.69 Å². The van der Waals surface area contributed by atoms with E-state index in [4.69, 9.17) is 14.7 Å². The highest BCUT2D eigenvalue weighted by Gasteiger charge is 2.23. The third-order valence-corrected chi connectivity index (χ3v) is 7.40. The van der Waals surface area contributed by atoms with Gasteiger partial charge < -0.3 is 9.72 Å². The summed E-state index contributed by atoms with van der Waals surface area (Å²) in [5.74, 6) is 2.54. The van der Waals surface area contributed by atoms with Crippen molar-refractivity contribution < 1.29 is 4.74 Å². The molecule has 174 valence electrons. The first-order valence-electron chi connectivity index (χ1n) is 12.7. The van der Waals surface area contributed by atoms with E-state index < -0.39 is 0 Å². The third kappa shape index (κ3) is 4.58. The van der Waals surface area contributed by atoms with Crippen molar-refractivity contribution in [3.8, 4) is 5.75 Å². The van der Waals surface area contributed by atoms with Gasteiger partial charge >= 0.3 is 0 Å². The topological polar surface area (TPSA) is 54.0 Å². The van der Waals surface area contributed by atoms with Crippen molar-refractivity contribution in [2.24, 2.45) is 0 Å². The molecular formula is C29H32N4O. The summed E-state index contributed by atoms with van der Waals surface area (Å²) in [6.07, 6.45) is 11.7. The van der Waals surface area contributed by atoms with Gasteiger partial charge in [-0.1, -0.05) is 49.6 Å². The molecule has 1 N–H and O–H groups in total. The van der Waals surface area contributed by atoms with E-state index in [1.165, 1.54) is 59.9 Å². The van der Waals surface area contributed by atoms with Crippen LogP contribution in [0.1, 0.15) is 66.2 Å².